The summed E-state index contributed by atoms with van der Waals surface area (Å²) in [6, 6.07) is 5.73. The van der Waals surface area contributed by atoms with Crippen LogP contribution in [0.25, 0.3) is 0 Å². The lowest BCUT2D eigenvalue weighted by Crippen LogP contribution is -2.21. The highest BCUT2D eigenvalue weighted by Crippen LogP contribution is 2.34. The molecule has 0 saturated carbocycles. The average Bonchev–Trinajstić information content (AvgIpc) is 3.17. The van der Waals surface area contributed by atoms with Crippen molar-refractivity contribution >= 4 is 46.6 Å². The van der Waals surface area contributed by atoms with E-state index in [0.717, 1.165) is 36.0 Å². The molecular formula is C18H12ClF3N6O5S. The number of non-ortho nitro benzene ring substituents is 1. The molecule has 0 spiro atoms. The molecule has 1 N–H and O–H groups in total. The fourth-order valence-corrected chi connectivity index (χ4v) is 3.47. The van der Waals surface area contributed by atoms with Crippen molar-refractivity contribution in [2.75, 3.05) is 11.9 Å². The van der Waals surface area contributed by atoms with Gasteiger partial charge in [0.1, 0.15) is 0 Å². The molecule has 2 aromatic carbocycles. The standard InChI is InChI=1S/C18H12ClF3N6O5S/c1-27-17(24-25-26-27)34-14-5-3-10(28(31)32)7-11(14)16(30)33-8-15(29)23-13-6-9(18(20,21)22)2-4-12(13)19/h2-7H,8H2,1H3,(H,23,29). The molecule has 34 heavy (non-hydrogen) atoms. The number of aryl methyl sites for hydroxylation is 1. The van der Waals surface area contributed by atoms with Gasteiger partial charge in [0, 0.05) is 24.1 Å². The number of ether oxygens (including phenoxy) is 1. The molecule has 11 nitrogen and oxygen atoms in total. The van der Waals surface area contributed by atoms with Crippen LogP contribution in [0.4, 0.5) is 24.5 Å². The number of nitrogens with zero attached hydrogens (tertiary/aromatic N) is 5. The Morgan fingerprint density at radius 2 is 2.00 bits per heavy atom. The predicted octanol–water partition coefficient (Wildman–Crippen LogP) is 3.74. The maximum atomic E-state index is 12.9. The summed E-state index contributed by atoms with van der Waals surface area (Å²) in [6.45, 7) is -0.899. The molecule has 0 aliphatic rings. The second kappa shape index (κ2) is 10.0. The first-order valence-corrected chi connectivity index (χ1v) is 10.2. The number of rotatable bonds is 7. The van der Waals surface area contributed by atoms with Gasteiger partial charge in [0.15, 0.2) is 6.61 Å². The van der Waals surface area contributed by atoms with Gasteiger partial charge in [0.05, 0.1) is 26.8 Å². The summed E-state index contributed by atoms with van der Waals surface area (Å²) in [7, 11) is 1.54. The SMILES string of the molecule is Cn1nnnc1Sc1ccc([N+](=O)[O-])cc1C(=O)OCC(=O)Nc1cc(C(F)(F)F)ccc1Cl. The smallest absolute Gasteiger partial charge is 0.416 e. The molecule has 0 aliphatic heterocycles. The summed E-state index contributed by atoms with van der Waals surface area (Å²) < 4.78 is 44.8. The van der Waals surface area contributed by atoms with E-state index < -0.39 is 40.8 Å². The number of hydrogen-bond donors (Lipinski definition) is 1. The topological polar surface area (TPSA) is 142 Å². The zero-order valence-electron chi connectivity index (χ0n) is 16.9. The third-order valence-corrected chi connectivity index (χ3v) is 5.51. The quantitative estimate of drug-likeness (QED) is 0.282. The highest BCUT2D eigenvalue weighted by molar-refractivity contribution is 7.99. The first-order chi connectivity index (χ1) is 16.0. The van der Waals surface area contributed by atoms with Gasteiger partial charge in [0.2, 0.25) is 5.16 Å². The zero-order valence-corrected chi connectivity index (χ0v) is 18.4. The maximum Gasteiger partial charge on any atom is 0.416 e. The van der Waals surface area contributed by atoms with Crippen LogP contribution in [-0.2, 0) is 22.8 Å². The minimum absolute atomic E-state index is 0.165. The summed E-state index contributed by atoms with van der Waals surface area (Å²) in [5.74, 6) is -2.07. The van der Waals surface area contributed by atoms with Crippen LogP contribution >= 0.6 is 23.4 Å². The number of esters is 1. The molecule has 3 rings (SSSR count). The highest BCUT2D eigenvalue weighted by Gasteiger charge is 2.31. The normalized spacial score (nSPS) is 11.2. The van der Waals surface area contributed by atoms with E-state index in [2.05, 4.69) is 20.8 Å². The van der Waals surface area contributed by atoms with Gasteiger partial charge in [0.25, 0.3) is 11.6 Å². The van der Waals surface area contributed by atoms with E-state index in [1.807, 2.05) is 0 Å². The largest absolute Gasteiger partial charge is 0.452 e. The van der Waals surface area contributed by atoms with Gasteiger partial charge in [-0.05, 0) is 46.5 Å². The van der Waals surface area contributed by atoms with E-state index in [1.165, 1.54) is 17.8 Å². The fourth-order valence-electron chi connectivity index (χ4n) is 2.48. The van der Waals surface area contributed by atoms with E-state index in [1.54, 1.807) is 0 Å². The molecule has 0 aliphatic carbocycles. The molecule has 0 saturated heterocycles. The first-order valence-electron chi connectivity index (χ1n) is 8.98. The Morgan fingerprint density at radius 1 is 1.26 bits per heavy atom. The number of nitro benzene ring substituents is 1. The molecule has 16 heteroatoms. The third-order valence-electron chi connectivity index (χ3n) is 4.08. The fraction of sp³-hybridized carbons (Fsp3) is 0.167. The van der Waals surface area contributed by atoms with E-state index in [4.69, 9.17) is 16.3 Å². The van der Waals surface area contributed by atoms with Gasteiger partial charge >= 0.3 is 12.1 Å². The molecule has 178 valence electrons. The number of anilines is 1. The van der Waals surface area contributed by atoms with Crippen LogP contribution < -0.4 is 5.32 Å². The summed E-state index contributed by atoms with van der Waals surface area (Å²) in [6.07, 6.45) is -4.66. The van der Waals surface area contributed by atoms with Gasteiger partial charge in [-0.3, -0.25) is 14.9 Å². The summed E-state index contributed by atoms with van der Waals surface area (Å²) >= 11 is 6.74. The number of aromatic nitrogens is 4. The summed E-state index contributed by atoms with van der Waals surface area (Å²) in [4.78, 5) is 35.3. The van der Waals surface area contributed by atoms with Gasteiger partial charge in [-0.15, -0.1) is 5.10 Å². The van der Waals surface area contributed by atoms with E-state index in [9.17, 15) is 32.9 Å². The third kappa shape index (κ3) is 5.99. The lowest BCUT2D eigenvalue weighted by atomic mass is 10.2. The van der Waals surface area contributed by atoms with Crippen molar-refractivity contribution in [2.24, 2.45) is 7.05 Å². The van der Waals surface area contributed by atoms with Crippen LogP contribution in [-0.4, -0.2) is 43.6 Å². The molecule has 0 atom stereocenters. The average molecular weight is 517 g/mol. The number of halogens is 4. The Hall–Kier alpha value is -3.72. The number of carbonyl (C=O) groups is 2. The van der Waals surface area contributed by atoms with Gasteiger partial charge < -0.3 is 10.1 Å². The van der Waals surface area contributed by atoms with Gasteiger partial charge in [-0.2, -0.15) is 13.2 Å². The number of tetrazole rings is 1. The van der Waals surface area contributed by atoms with E-state index >= 15 is 0 Å². The number of nitrogens with one attached hydrogen (secondary N) is 1. The Balaban J connectivity index is 1.75. The van der Waals surface area contributed by atoms with Crippen molar-refractivity contribution < 1.29 is 32.4 Å². The van der Waals surface area contributed by atoms with Crippen LogP contribution in [0.3, 0.4) is 0 Å². The zero-order chi connectivity index (χ0) is 25.0. The Labute approximate surface area is 197 Å². The molecule has 0 fully saturated rings. The minimum atomic E-state index is -4.66. The van der Waals surface area contributed by atoms with Gasteiger partial charge in [-0.1, -0.05) is 11.6 Å². The van der Waals surface area contributed by atoms with Crippen molar-refractivity contribution in [3.05, 3.63) is 62.7 Å². The summed E-state index contributed by atoms with van der Waals surface area (Å²) in [5, 5.41) is 24.2. The molecule has 1 amide bonds. The second-order valence-electron chi connectivity index (χ2n) is 6.44. The molecule has 0 unspecified atom stereocenters. The van der Waals surface area contributed by atoms with Crippen molar-refractivity contribution in [3.63, 3.8) is 0 Å². The highest BCUT2D eigenvalue weighted by atomic mass is 35.5. The minimum Gasteiger partial charge on any atom is -0.452 e. The van der Waals surface area contributed by atoms with Crippen molar-refractivity contribution in [1.29, 1.82) is 0 Å². The predicted molar refractivity (Wildman–Crippen MR) is 111 cm³/mol. The number of carbonyl (C=O) groups excluding carboxylic acids is 2. The number of benzene rings is 2. The lowest BCUT2D eigenvalue weighted by Gasteiger charge is -2.12. The van der Waals surface area contributed by atoms with Crippen LogP contribution in [0.2, 0.25) is 5.02 Å². The molecule has 0 radical (unpaired) electrons. The molecule has 1 heterocycles. The van der Waals surface area contributed by atoms with Crippen LogP contribution in [0.15, 0.2) is 46.5 Å². The maximum absolute atomic E-state index is 12.9. The van der Waals surface area contributed by atoms with Crippen molar-refractivity contribution in [2.45, 2.75) is 16.2 Å². The molecule has 1 aromatic heterocycles. The monoisotopic (exact) mass is 516 g/mol. The number of hydrogen-bond acceptors (Lipinski definition) is 9. The Bertz CT molecular complexity index is 1270. The molecule has 3 aromatic rings. The first kappa shape index (κ1) is 24.9. The van der Waals surface area contributed by atoms with Crippen LogP contribution in [0.5, 0.6) is 0 Å². The van der Waals surface area contributed by atoms with Crippen LogP contribution in [0, 0.1) is 10.1 Å². The van der Waals surface area contributed by atoms with Crippen LogP contribution in [0.1, 0.15) is 15.9 Å². The van der Waals surface area contributed by atoms with E-state index in [0.29, 0.717) is 6.07 Å². The summed E-state index contributed by atoms with van der Waals surface area (Å²) in [5.41, 5.74) is -2.03. The van der Waals surface area contributed by atoms with Crippen molar-refractivity contribution in [3.8, 4) is 0 Å². The van der Waals surface area contributed by atoms with Gasteiger partial charge in [-0.25, -0.2) is 9.48 Å². The second-order valence-corrected chi connectivity index (χ2v) is 7.86. The molecule has 0 bridgehead atoms. The number of nitro groups is 1. The Kier molecular flexibility index (Phi) is 7.36. The Morgan fingerprint density at radius 3 is 2.62 bits per heavy atom. The van der Waals surface area contributed by atoms with Crippen molar-refractivity contribution in [1.82, 2.24) is 20.2 Å². The van der Waals surface area contributed by atoms with E-state index in [-0.39, 0.29) is 26.3 Å². The number of alkyl halides is 3. The molecular weight excluding hydrogens is 505 g/mol. The lowest BCUT2D eigenvalue weighted by molar-refractivity contribution is -0.384. The number of amides is 1.